The van der Waals surface area contributed by atoms with Crippen molar-refractivity contribution in [3.8, 4) is 11.1 Å². The Kier molecular flexibility index (Phi) is 5.75. The second-order valence-corrected chi connectivity index (χ2v) is 12.1. The minimum Gasteiger partial charge on any atom is -0.0620 e. The molecule has 35 heavy (non-hydrogen) atoms. The van der Waals surface area contributed by atoms with E-state index in [1.165, 1.54) is 43.1 Å². The molecule has 0 radical (unpaired) electrons. The van der Waals surface area contributed by atoms with Crippen molar-refractivity contribution >= 4 is 39.3 Å². The summed E-state index contributed by atoms with van der Waals surface area (Å²) in [5.41, 5.74) is 2.58. The fourth-order valence-electron chi connectivity index (χ4n) is 5.27. The molecule has 0 amide bonds. The maximum absolute atomic E-state index is 2.36. The lowest BCUT2D eigenvalue weighted by molar-refractivity contribution is 1.67. The summed E-state index contributed by atoms with van der Waals surface area (Å²) in [6, 6.07) is 57.7. The summed E-state index contributed by atoms with van der Waals surface area (Å²) in [4.78, 5) is 0. The topological polar surface area (TPSA) is 0 Å². The van der Waals surface area contributed by atoms with Gasteiger partial charge in [0, 0.05) is 5.56 Å². The Morgan fingerprint density at radius 3 is 1.34 bits per heavy atom. The first-order valence-corrected chi connectivity index (χ1v) is 13.8. The maximum Gasteiger partial charge on any atom is 0.144 e. The monoisotopic (exact) mass is 465 g/mol. The van der Waals surface area contributed by atoms with Crippen LogP contribution in [0.25, 0.3) is 21.9 Å². The fourth-order valence-corrected chi connectivity index (χ4v) is 9.73. The highest BCUT2D eigenvalue weighted by Gasteiger charge is 2.49. The summed E-state index contributed by atoms with van der Waals surface area (Å²) < 4.78 is 0. The van der Waals surface area contributed by atoms with Gasteiger partial charge >= 0.3 is 0 Å². The molecule has 0 aliphatic rings. The van der Waals surface area contributed by atoms with E-state index < -0.39 is 7.26 Å². The summed E-state index contributed by atoms with van der Waals surface area (Å²) >= 11 is 0. The molecule has 0 atom stereocenters. The molecule has 6 aromatic rings. The Morgan fingerprint density at radius 1 is 0.314 bits per heavy atom. The molecule has 6 rings (SSSR count). The Morgan fingerprint density at radius 2 is 0.743 bits per heavy atom. The van der Waals surface area contributed by atoms with Crippen LogP contribution in [0.3, 0.4) is 0 Å². The first kappa shape index (κ1) is 21.5. The third kappa shape index (κ3) is 3.68. The zero-order chi connectivity index (χ0) is 23.5. The number of hydrogen-bond acceptors (Lipinski definition) is 0. The predicted molar refractivity (Wildman–Crippen MR) is 154 cm³/mol. The molecule has 0 aliphatic carbocycles. The van der Waals surface area contributed by atoms with Gasteiger partial charge in [-0.2, -0.15) is 0 Å². The highest BCUT2D eigenvalue weighted by atomic mass is 31.2. The summed E-state index contributed by atoms with van der Waals surface area (Å²) in [6.45, 7) is 0. The minimum absolute atomic E-state index is 1.27. The van der Waals surface area contributed by atoms with Crippen LogP contribution in [-0.4, -0.2) is 0 Å². The van der Waals surface area contributed by atoms with E-state index in [9.17, 15) is 0 Å². The van der Waals surface area contributed by atoms with Gasteiger partial charge in [-0.05, 0) is 58.8 Å². The van der Waals surface area contributed by atoms with E-state index in [1.54, 1.807) is 0 Å². The second-order valence-electron chi connectivity index (χ2n) is 8.72. The van der Waals surface area contributed by atoms with E-state index in [0.29, 0.717) is 0 Å². The zero-order valence-corrected chi connectivity index (χ0v) is 20.4. The van der Waals surface area contributed by atoms with E-state index in [2.05, 4.69) is 158 Å². The van der Waals surface area contributed by atoms with E-state index >= 15 is 0 Å². The lowest BCUT2D eigenvalue weighted by atomic mass is 9.98. The van der Waals surface area contributed by atoms with Crippen LogP contribution in [0, 0.1) is 0 Å². The molecule has 0 saturated carbocycles. The molecule has 0 spiro atoms. The molecular weight excluding hydrogens is 439 g/mol. The van der Waals surface area contributed by atoms with Gasteiger partial charge in [0.05, 0.1) is 0 Å². The SMILES string of the molecule is c1ccc([P+](c2ccccc2)(c2ccccc2)c2ccccc2-c2cccc3ccccc23)cc1. The van der Waals surface area contributed by atoms with Gasteiger partial charge in [0.25, 0.3) is 0 Å². The Bertz CT molecular complexity index is 1470. The van der Waals surface area contributed by atoms with E-state index in [0.717, 1.165) is 0 Å². The van der Waals surface area contributed by atoms with Crippen molar-refractivity contribution in [1.29, 1.82) is 0 Å². The van der Waals surface area contributed by atoms with Crippen molar-refractivity contribution in [1.82, 2.24) is 0 Å². The molecule has 0 aliphatic heterocycles. The molecule has 0 saturated heterocycles. The summed E-state index contributed by atoms with van der Waals surface area (Å²) in [7, 11) is -2.19. The van der Waals surface area contributed by atoms with E-state index in [1.807, 2.05) is 0 Å². The summed E-state index contributed by atoms with van der Waals surface area (Å²) in [5, 5.41) is 8.04. The largest absolute Gasteiger partial charge is 0.144 e. The smallest absolute Gasteiger partial charge is 0.0620 e. The van der Waals surface area contributed by atoms with Gasteiger partial charge in [-0.3, -0.25) is 0 Å². The molecule has 0 bridgehead atoms. The summed E-state index contributed by atoms with van der Waals surface area (Å²) in [5.74, 6) is 0. The fraction of sp³-hybridized carbons (Fsp3) is 0. The standard InChI is InChI=1S/C34H26P/c1-4-17-28(18-5-1)35(29-19-6-2-7-20-29,30-21-8-3-9-22-30)34-26-13-12-24-33(34)32-25-14-16-27-15-10-11-23-31(27)32/h1-26H/q+1. The normalized spacial score (nSPS) is 11.4. The van der Waals surface area contributed by atoms with Crippen LogP contribution >= 0.6 is 7.26 Å². The van der Waals surface area contributed by atoms with Gasteiger partial charge in [0.2, 0.25) is 0 Å². The van der Waals surface area contributed by atoms with Crippen molar-refractivity contribution in [2.75, 3.05) is 0 Å². The van der Waals surface area contributed by atoms with Crippen molar-refractivity contribution in [3.05, 3.63) is 158 Å². The summed E-state index contributed by atoms with van der Waals surface area (Å²) in [6.07, 6.45) is 0. The highest BCUT2D eigenvalue weighted by Crippen LogP contribution is 2.56. The molecule has 0 heterocycles. The van der Waals surface area contributed by atoms with Crippen LogP contribution in [0.4, 0.5) is 0 Å². The molecule has 0 aromatic heterocycles. The molecular formula is C34H26P+. The van der Waals surface area contributed by atoms with Crippen LogP contribution < -0.4 is 21.2 Å². The Labute approximate surface area is 207 Å². The second kappa shape index (κ2) is 9.34. The number of rotatable bonds is 5. The lowest BCUT2D eigenvalue weighted by Crippen LogP contribution is -2.39. The highest BCUT2D eigenvalue weighted by molar-refractivity contribution is 8.01. The van der Waals surface area contributed by atoms with Gasteiger partial charge in [-0.25, -0.2) is 0 Å². The van der Waals surface area contributed by atoms with Gasteiger partial charge in [-0.1, -0.05) is 115 Å². The third-order valence-corrected chi connectivity index (χ3v) is 11.1. The zero-order valence-electron chi connectivity index (χ0n) is 19.5. The van der Waals surface area contributed by atoms with Crippen molar-refractivity contribution in [2.45, 2.75) is 0 Å². The Balaban J connectivity index is 1.77. The first-order valence-electron chi connectivity index (χ1n) is 12.0. The molecule has 166 valence electrons. The van der Waals surface area contributed by atoms with E-state index in [4.69, 9.17) is 0 Å². The van der Waals surface area contributed by atoms with Crippen molar-refractivity contribution < 1.29 is 0 Å². The predicted octanol–water partition coefficient (Wildman–Crippen LogP) is 7.13. The van der Waals surface area contributed by atoms with Crippen molar-refractivity contribution in [2.24, 2.45) is 0 Å². The van der Waals surface area contributed by atoms with Crippen LogP contribution in [0.1, 0.15) is 0 Å². The third-order valence-electron chi connectivity index (χ3n) is 6.78. The molecule has 0 nitrogen and oxygen atoms in total. The number of benzene rings is 6. The van der Waals surface area contributed by atoms with Crippen LogP contribution in [0.15, 0.2) is 158 Å². The molecule has 1 heteroatoms. The van der Waals surface area contributed by atoms with Gasteiger partial charge < -0.3 is 0 Å². The molecule has 0 unspecified atom stereocenters. The number of fused-ring (bicyclic) bond motifs is 1. The Hall–Kier alpha value is -3.99. The minimum atomic E-state index is -2.19. The maximum atomic E-state index is 2.36. The van der Waals surface area contributed by atoms with Gasteiger partial charge in [0.15, 0.2) is 0 Å². The molecule has 6 aromatic carbocycles. The average Bonchev–Trinajstić information content (AvgIpc) is 2.95. The van der Waals surface area contributed by atoms with E-state index in [-0.39, 0.29) is 0 Å². The quantitative estimate of drug-likeness (QED) is 0.238. The van der Waals surface area contributed by atoms with Crippen LogP contribution in [-0.2, 0) is 0 Å². The molecule has 0 fully saturated rings. The first-order chi connectivity index (χ1) is 17.4. The average molecular weight is 466 g/mol. The van der Waals surface area contributed by atoms with Gasteiger partial charge in [-0.15, -0.1) is 0 Å². The van der Waals surface area contributed by atoms with Crippen molar-refractivity contribution in [3.63, 3.8) is 0 Å². The molecule has 0 N–H and O–H groups in total. The number of hydrogen-bond donors (Lipinski definition) is 0. The lowest BCUT2D eigenvalue weighted by Gasteiger charge is -2.29. The van der Waals surface area contributed by atoms with Crippen LogP contribution in [0.2, 0.25) is 0 Å². The van der Waals surface area contributed by atoms with Crippen LogP contribution in [0.5, 0.6) is 0 Å². The van der Waals surface area contributed by atoms with Gasteiger partial charge in [0.1, 0.15) is 28.5 Å².